The molecule has 0 spiro atoms. The molecule has 3 aromatic rings. The fourth-order valence-electron chi connectivity index (χ4n) is 10.3. The summed E-state index contributed by atoms with van der Waals surface area (Å²) in [6.07, 6.45) is -1.07. The number of rotatable bonds is 37. The van der Waals surface area contributed by atoms with Crippen molar-refractivity contribution in [1.82, 2.24) is 36.4 Å². The predicted octanol–water partition coefficient (Wildman–Crippen LogP) is 7.31. The van der Waals surface area contributed by atoms with Crippen LogP contribution in [0.5, 0.6) is 5.75 Å². The van der Waals surface area contributed by atoms with Crippen LogP contribution in [0.1, 0.15) is 151 Å². The molecular weight excluding hydrogens is 1140 g/mol. The lowest BCUT2D eigenvalue weighted by Crippen LogP contribution is -2.61. The van der Waals surface area contributed by atoms with Crippen molar-refractivity contribution < 1.29 is 67.2 Å². The van der Waals surface area contributed by atoms with Gasteiger partial charge in [-0.1, -0.05) is 141 Å². The molecular formula is C68H101N7O14. The van der Waals surface area contributed by atoms with Gasteiger partial charge in [0.2, 0.25) is 35.4 Å². The van der Waals surface area contributed by atoms with Gasteiger partial charge in [0.1, 0.15) is 53.4 Å². The number of likely N-dealkylation sites (N-methyl/N-ethyl adjacent to an activating group) is 1. The number of amides is 6. The number of carboxylic acid groups (broad SMARTS) is 1. The molecule has 21 heteroatoms. The summed E-state index contributed by atoms with van der Waals surface area (Å²) in [7, 11) is 2.92. The van der Waals surface area contributed by atoms with Crippen molar-refractivity contribution in [3.63, 3.8) is 0 Å². The second-order valence-corrected chi connectivity index (χ2v) is 25.3. The van der Waals surface area contributed by atoms with Gasteiger partial charge >= 0.3 is 11.9 Å². The van der Waals surface area contributed by atoms with Crippen LogP contribution in [-0.2, 0) is 76.9 Å². The summed E-state index contributed by atoms with van der Waals surface area (Å²) in [5.74, 6) is -8.81. The first-order valence-corrected chi connectivity index (χ1v) is 31.5. The molecule has 0 aliphatic carbocycles. The smallest absolute Gasteiger partial charge is 0.329 e. The van der Waals surface area contributed by atoms with Gasteiger partial charge in [0.05, 0.1) is 19.3 Å². The van der Waals surface area contributed by atoms with Crippen molar-refractivity contribution in [2.45, 2.75) is 208 Å². The third-order valence-electron chi connectivity index (χ3n) is 16.1. The number of hydrogen-bond acceptors (Lipinski definition) is 14. The van der Waals surface area contributed by atoms with Crippen molar-refractivity contribution in [2.24, 2.45) is 29.6 Å². The van der Waals surface area contributed by atoms with Gasteiger partial charge in [-0.3, -0.25) is 38.5 Å². The molecule has 0 bridgehead atoms. The molecule has 3 aromatic carbocycles. The standard InChI is InChI=1S/C68H101N7O14/c1-15-44(7)58(71-62(79)53(32-34-57-86-35-36-87-57)75(40-48-23-19-17-20-24-48)41-49-25-21-18-22-26-49)65(82)74(14)54(38-47-27-30-51(31-28-47)89-68(10,11)12)63(80)72-59(45(8)16-2)67(85)88-46(9)60(64(81)70-52(66(83)84)37-42(3)4)73-61(78)50(29-33-56(77)69-13)39-55(76)43(5)6/h17-28,30-31,42-46,50,52-54,57-60H,15-16,29,32-41H2,1-14H3,(H,69,77)(H,70,81)(H,71,79)(H,72,80)(H,73,78)(H,83,84)/t44-,45-,46+,50+,52-,53-,54-,58-,59-,60-/m0/s1. The largest absolute Gasteiger partial charge is 0.488 e. The molecule has 1 saturated heterocycles. The van der Waals surface area contributed by atoms with Gasteiger partial charge < -0.3 is 55.5 Å². The maximum atomic E-state index is 15.5. The zero-order valence-electron chi connectivity index (χ0n) is 54.9. The third kappa shape index (κ3) is 24.6. The Bertz CT molecular complexity index is 2710. The summed E-state index contributed by atoms with van der Waals surface area (Å²) >= 11 is 0. The molecule has 89 heavy (non-hydrogen) atoms. The molecule has 0 saturated carbocycles. The number of carboxylic acids is 1. The molecule has 6 amide bonds. The Morgan fingerprint density at radius 2 is 1.18 bits per heavy atom. The van der Waals surface area contributed by atoms with E-state index in [0.717, 1.165) is 11.1 Å². The fraction of sp³-hybridized carbons (Fsp3) is 0.603. The number of nitrogens with one attached hydrogen (secondary N) is 5. The molecule has 0 unspecified atom stereocenters. The highest BCUT2D eigenvalue weighted by Crippen LogP contribution is 2.25. The Balaban J connectivity index is 1.77. The fourth-order valence-corrected chi connectivity index (χ4v) is 10.3. The molecule has 21 nitrogen and oxygen atoms in total. The lowest BCUT2D eigenvalue weighted by molar-refractivity contribution is -0.158. The summed E-state index contributed by atoms with van der Waals surface area (Å²) in [6, 6.07) is 18.9. The van der Waals surface area contributed by atoms with Gasteiger partial charge in [-0.2, -0.15) is 0 Å². The maximum absolute atomic E-state index is 15.5. The van der Waals surface area contributed by atoms with E-state index in [4.69, 9.17) is 18.9 Å². The summed E-state index contributed by atoms with van der Waals surface area (Å²) < 4.78 is 23.8. The Labute approximate surface area is 527 Å². The molecule has 0 radical (unpaired) electrons. The molecule has 10 atom stereocenters. The van der Waals surface area contributed by atoms with Crippen LogP contribution in [0.3, 0.4) is 0 Å². The van der Waals surface area contributed by atoms with Crippen LogP contribution in [0.2, 0.25) is 0 Å². The monoisotopic (exact) mass is 1240 g/mol. The van der Waals surface area contributed by atoms with Crippen LogP contribution in [0.15, 0.2) is 84.9 Å². The van der Waals surface area contributed by atoms with Gasteiger partial charge in [-0.15, -0.1) is 0 Å². The lowest BCUT2D eigenvalue weighted by Gasteiger charge is -2.36. The maximum Gasteiger partial charge on any atom is 0.329 e. The van der Waals surface area contributed by atoms with Crippen LogP contribution >= 0.6 is 0 Å². The number of Topliss-reactive ketones (excluding diaryl/α,β-unsaturated/α-hetero) is 1. The highest BCUT2D eigenvalue weighted by molar-refractivity contribution is 5.96. The van der Waals surface area contributed by atoms with Crippen molar-refractivity contribution in [1.29, 1.82) is 0 Å². The summed E-state index contributed by atoms with van der Waals surface area (Å²) in [5, 5.41) is 23.8. The Hall–Kier alpha value is -7.23. The highest BCUT2D eigenvalue weighted by atomic mass is 16.7. The topological polar surface area (TPSA) is 277 Å². The van der Waals surface area contributed by atoms with Gasteiger partial charge in [0.15, 0.2) is 6.29 Å². The van der Waals surface area contributed by atoms with Crippen LogP contribution in [0, 0.1) is 29.6 Å². The van der Waals surface area contributed by atoms with Gasteiger partial charge in [0, 0.05) is 64.7 Å². The Morgan fingerprint density at radius 3 is 1.69 bits per heavy atom. The van der Waals surface area contributed by atoms with Crippen molar-refractivity contribution in [3.8, 4) is 5.75 Å². The van der Waals surface area contributed by atoms with E-state index in [0.29, 0.717) is 63.3 Å². The quantitative estimate of drug-likeness (QED) is 0.0309. The van der Waals surface area contributed by atoms with Crippen molar-refractivity contribution in [3.05, 3.63) is 102 Å². The Kier molecular flexibility index (Phi) is 30.4. The number of carbonyl (C=O) groups is 9. The van der Waals surface area contributed by atoms with E-state index >= 15 is 14.4 Å². The first-order valence-electron chi connectivity index (χ1n) is 31.5. The number of carbonyl (C=O) groups excluding carboxylic acids is 8. The van der Waals surface area contributed by atoms with Gasteiger partial charge in [-0.05, 0) is 93.5 Å². The minimum absolute atomic E-state index is 0.0157. The molecule has 6 N–H and O–H groups in total. The number of hydrogen-bond donors (Lipinski definition) is 6. The van der Waals surface area contributed by atoms with Gasteiger partial charge in [-0.25, -0.2) is 9.59 Å². The van der Waals surface area contributed by atoms with Gasteiger partial charge in [0.25, 0.3) is 0 Å². The SMILES string of the molecule is CC[C@H](C)[C@H](NC(=O)[C@H](Cc1ccc(OC(C)(C)C)cc1)N(C)C(=O)[C@@H](NC(=O)[C@H](CCC1OCCO1)N(Cc1ccccc1)Cc1ccccc1)[C@@H](C)CC)C(=O)O[C@H](C)[C@H](NC(=O)[C@H](CCC(=O)NC)CC(=O)C(C)C)C(=O)N[C@@H](CC(C)C)C(=O)O. The second kappa shape index (κ2) is 36.4. The third-order valence-corrected chi connectivity index (χ3v) is 16.1. The average Bonchev–Trinajstić information content (AvgIpc) is 4.15. The summed E-state index contributed by atoms with van der Waals surface area (Å²) in [4.78, 5) is 131. The van der Waals surface area contributed by atoms with Crippen LogP contribution in [-0.4, -0.2) is 150 Å². The molecule has 0 aromatic heterocycles. The minimum atomic E-state index is -1.73. The first kappa shape index (κ1) is 74.2. The van der Waals surface area contributed by atoms with Crippen molar-refractivity contribution >= 4 is 53.2 Å². The van der Waals surface area contributed by atoms with E-state index in [2.05, 4.69) is 31.5 Å². The van der Waals surface area contributed by atoms with E-state index in [1.54, 1.807) is 65.8 Å². The van der Waals surface area contributed by atoms with Crippen molar-refractivity contribution in [2.75, 3.05) is 27.3 Å². The molecule has 4 rings (SSSR count). The number of esters is 1. The number of ether oxygens (including phenoxy) is 4. The lowest BCUT2D eigenvalue weighted by atomic mass is 9.91. The van der Waals surface area contributed by atoms with E-state index in [-0.39, 0.29) is 43.8 Å². The zero-order chi connectivity index (χ0) is 66.1. The van der Waals surface area contributed by atoms with E-state index < -0.39 is 125 Å². The average molecular weight is 1240 g/mol. The zero-order valence-corrected chi connectivity index (χ0v) is 54.9. The van der Waals surface area contributed by atoms with Crippen LogP contribution in [0.4, 0.5) is 0 Å². The Morgan fingerprint density at radius 1 is 0.652 bits per heavy atom. The summed E-state index contributed by atoms with van der Waals surface area (Å²) in [5.41, 5.74) is 2.06. The highest BCUT2D eigenvalue weighted by Gasteiger charge is 2.41. The summed E-state index contributed by atoms with van der Waals surface area (Å²) in [6.45, 7) is 22.9. The molecule has 1 heterocycles. The normalized spacial score (nSPS) is 16.1. The van der Waals surface area contributed by atoms with E-state index in [9.17, 15) is 33.9 Å². The predicted molar refractivity (Wildman–Crippen MR) is 338 cm³/mol. The number of aliphatic carboxylic acids is 1. The molecule has 1 fully saturated rings. The first-order chi connectivity index (χ1) is 42.0. The second-order valence-electron chi connectivity index (χ2n) is 25.3. The minimum Gasteiger partial charge on any atom is -0.488 e. The number of ketones is 1. The van der Waals surface area contributed by atoms with Crippen LogP contribution < -0.4 is 31.3 Å². The number of nitrogens with zero attached hydrogens (tertiary/aromatic N) is 2. The van der Waals surface area contributed by atoms with Crippen LogP contribution in [0.25, 0.3) is 0 Å². The molecule has 1 aliphatic rings. The van der Waals surface area contributed by atoms with E-state index in [1.165, 1.54) is 25.9 Å². The number of benzene rings is 3. The van der Waals surface area contributed by atoms with E-state index in [1.807, 2.05) is 95.3 Å². The molecule has 1 aliphatic heterocycles. The molecule has 492 valence electrons.